The molecule has 602 valence electrons. The van der Waals surface area contributed by atoms with Gasteiger partial charge in [-0.15, -0.1) is 35.2 Å². The third-order valence-corrected chi connectivity index (χ3v) is 18.3. The van der Waals surface area contributed by atoms with Crippen LogP contribution in [0.4, 0.5) is 11.4 Å². The first kappa shape index (κ1) is 103. The third-order valence-electron chi connectivity index (χ3n) is 18.3. The summed E-state index contributed by atoms with van der Waals surface area (Å²) in [4.78, 5) is 3.82. The quantitative estimate of drug-likeness (QED) is 0.127. The van der Waals surface area contributed by atoms with Gasteiger partial charge in [-0.25, -0.2) is 0 Å². The van der Waals surface area contributed by atoms with Crippen molar-refractivity contribution in [3.05, 3.63) is 271 Å². The van der Waals surface area contributed by atoms with Gasteiger partial charge in [0.15, 0.2) is 0 Å². The van der Waals surface area contributed by atoms with E-state index in [-0.39, 0.29) is 156 Å². The summed E-state index contributed by atoms with van der Waals surface area (Å²) in [6.07, 6.45) is -0.833. The Morgan fingerprint density at radius 3 is 0.571 bits per heavy atom. The van der Waals surface area contributed by atoms with Crippen molar-refractivity contribution in [3.63, 3.8) is 0 Å². The van der Waals surface area contributed by atoms with Crippen LogP contribution < -0.4 is 50.7 Å². The van der Waals surface area contributed by atoms with E-state index in [4.69, 9.17) is 0 Å². The fraction of sp³-hybridized carbons (Fsp3) is 0.460. The summed E-state index contributed by atoms with van der Waals surface area (Å²) in [5.41, 5.74) is 14.2. The van der Waals surface area contributed by atoms with Crippen molar-refractivity contribution in [2.45, 2.75) is 303 Å². The number of para-hydroxylation sites is 4. The molecule has 0 heterocycles. The molecule has 0 aromatic heterocycles. The van der Waals surface area contributed by atoms with Crippen molar-refractivity contribution in [2.75, 3.05) is 9.80 Å². The second-order valence-corrected chi connectivity index (χ2v) is 38.3. The van der Waals surface area contributed by atoms with Crippen molar-refractivity contribution in [2.24, 2.45) is 0 Å². The Balaban J connectivity index is 0.000000802. The minimum Gasteiger partial charge on any atom is -0.872 e. The number of hydrogen-bond donors (Lipinski definition) is 0. The molecule has 0 fully saturated rings. The normalized spacial score (nSPS) is 11.7. The molecule has 0 unspecified atom stereocenters. The van der Waals surface area contributed by atoms with Gasteiger partial charge in [-0.1, -0.05) is 397 Å². The second kappa shape index (κ2) is 43.7. The zero-order chi connectivity index (χ0) is 84.2. The molecule has 0 aliphatic rings. The molecule has 9 aromatic carbocycles. The Bertz CT molecular complexity index is 3850. The van der Waals surface area contributed by atoms with Crippen LogP contribution in [0.3, 0.4) is 0 Å². The van der Waals surface area contributed by atoms with E-state index < -0.39 is 12.2 Å². The van der Waals surface area contributed by atoms with Crippen molar-refractivity contribution in [3.8, 4) is 34.5 Å². The van der Waals surface area contributed by atoms with Crippen molar-refractivity contribution in [1.29, 1.82) is 0 Å². The van der Waals surface area contributed by atoms with E-state index in [1.165, 1.54) is 34.4 Å². The minimum absolute atomic E-state index is 0. The number of aryl methyl sites for hydroxylation is 4. The fourth-order valence-electron chi connectivity index (χ4n) is 11.6. The number of hydrogen-bond acceptors (Lipinski definition) is 10. The molecule has 112 heavy (non-hydrogen) atoms. The maximum Gasteiger partial charge on any atom is 4.00 e. The van der Waals surface area contributed by atoms with Crippen molar-refractivity contribution in [1.82, 2.24) is 0 Å². The van der Waals surface area contributed by atoms with Crippen LogP contribution in [-0.2, 0) is 122 Å². The van der Waals surface area contributed by atoms with Gasteiger partial charge in [0, 0.05) is 37.6 Å². The van der Waals surface area contributed by atoms with Gasteiger partial charge in [-0.3, -0.25) is 0 Å². The van der Waals surface area contributed by atoms with Crippen LogP contribution in [0.15, 0.2) is 182 Å². The van der Waals surface area contributed by atoms with Gasteiger partial charge < -0.3 is 50.7 Å². The van der Waals surface area contributed by atoms with Gasteiger partial charge in [-0.2, -0.15) is 0 Å². The van der Waals surface area contributed by atoms with Crippen LogP contribution in [0, 0.1) is 27.7 Å². The summed E-state index contributed by atoms with van der Waals surface area (Å²) in [6, 6.07) is 58.9. The van der Waals surface area contributed by atoms with Crippen LogP contribution >= 0.6 is 0 Å². The molecular weight excluding hydrogens is 1540 g/mol. The Labute approximate surface area is 717 Å². The average molecular weight is 1680 g/mol. The largest absolute Gasteiger partial charge is 4.00 e. The summed E-state index contributed by atoms with van der Waals surface area (Å²) >= 11 is 0. The molecule has 10 nitrogen and oxygen atoms in total. The molecule has 0 bridgehead atoms. The van der Waals surface area contributed by atoms with E-state index in [9.17, 15) is 40.9 Å². The van der Waals surface area contributed by atoms with Crippen LogP contribution in [0.25, 0.3) is 0 Å². The van der Waals surface area contributed by atoms with Crippen molar-refractivity contribution >= 4 is 11.4 Å². The summed E-state index contributed by atoms with van der Waals surface area (Å²) in [6.45, 7) is 66.1. The van der Waals surface area contributed by atoms with Gasteiger partial charge in [0.05, 0.1) is 0 Å². The van der Waals surface area contributed by atoms with Gasteiger partial charge in [0.25, 0.3) is 0 Å². The Hall–Kier alpha value is -6.93. The van der Waals surface area contributed by atoms with E-state index in [0.717, 1.165) is 44.5 Å². The molecule has 9 aromatic rings. The number of rotatable bonds is 10. The van der Waals surface area contributed by atoms with Gasteiger partial charge in [0.2, 0.25) is 0 Å². The number of nitrogens with zero attached hydrogens (tertiary/aromatic N) is 2. The smallest absolute Gasteiger partial charge is 0.872 e. The van der Waals surface area contributed by atoms with E-state index >= 15 is 0 Å². The molecule has 0 saturated heterocycles. The van der Waals surface area contributed by atoms with E-state index in [1.54, 1.807) is 52.0 Å². The predicted octanol–water partition coefficient (Wildman–Crippen LogP) is 20.4. The fourth-order valence-corrected chi connectivity index (χ4v) is 11.6. The van der Waals surface area contributed by atoms with Crippen LogP contribution in [0.5, 0.6) is 34.5 Å². The Kier molecular flexibility index (Phi) is 40.2. The average Bonchev–Trinajstić information content (AvgIpc) is 0.780. The molecule has 0 saturated carbocycles. The maximum atomic E-state index is 13.9. The van der Waals surface area contributed by atoms with E-state index in [2.05, 4.69) is 242 Å². The Morgan fingerprint density at radius 2 is 0.420 bits per heavy atom. The number of anilines is 2. The summed E-state index contributed by atoms with van der Waals surface area (Å²) in [5.74, 6) is -0.280. The molecule has 9 rings (SSSR count). The molecule has 0 radical (unpaired) electrons. The zero-order valence-electron chi connectivity index (χ0n) is 74.5. The molecule has 0 aliphatic heterocycles. The molecule has 0 aliphatic carbocycles. The molecule has 12 heteroatoms. The summed E-state index contributed by atoms with van der Waals surface area (Å²) in [7, 11) is 0. The molecule has 0 atom stereocenters. The standard InChI is InChI=1S/2C36H51NO3.C8H10.2C7H8.2C3H7O.2Zr/c2*1-33(2,3)25-17-23(31(39)27(19-25)35(7,8)9)21-37(29-15-13-14-16-30(29)38)22-24-18-26(34(4,5)6)20-28(32(24)40)36(10,11)12;1-7-3-5-8(2)6-4-7;2*1-7-5-3-2-4-6-7;2*1-3(2)4;;/h2*13-20,38-40H,21-22H2,1-12H3;3-6H,1-2H3;2*2-6H,1H3;2*3H,1-2H3;;/q;;;;;2*-1;2*+4/p-6. The molecule has 0 amide bonds. The van der Waals surface area contributed by atoms with Crippen LogP contribution in [-0.4, -0.2) is 12.2 Å². The van der Waals surface area contributed by atoms with E-state index in [1.807, 2.05) is 107 Å². The second-order valence-electron chi connectivity index (χ2n) is 38.3. The monoisotopic (exact) mass is 1670 g/mol. The topological polar surface area (TPSA) is 191 Å². The first-order valence-corrected chi connectivity index (χ1v) is 39.0. The SMILES string of the molecule is CC(C)(C)c1cc(CN(Cc2cc(C(C)(C)C)cc(C(C)(C)C)c2[O-])c2ccccc2[O-])c([O-])c(C(C)(C)C)c1.CC(C)(C)c1cc(CN(Cc2cc(C(C)(C)C)cc(C(C)(C)C)c2[O-])c2ccccc2[O-])c([O-])c(C(C)(C)C)c1.CC(C)[O-].CC(C)[O-].Cc1ccc(C)cc1.Cc1ccccc1.Cc1ccccc1.[Zr+4].[Zr+4]. The number of benzene rings is 9. The maximum absolute atomic E-state index is 13.9. The van der Waals surface area contributed by atoms with Gasteiger partial charge in [0.1, 0.15) is 0 Å². The van der Waals surface area contributed by atoms with Gasteiger partial charge >= 0.3 is 52.4 Å². The van der Waals surface area contributed by atoms with Gasteiger partial charge in [-0.05, 0) is 150 Å². The van der Waals surface area contributed by atoms with E-state index in [0.29, 0.717) is 33.6 Å². The summed E-state index contributed by atoms with van der Waals surface area (Å²) < 4.78 is 0. The first-order chi connectivity index (χ1) is 50.2. The third kappa shape index (κ3) is 34.2. The Morgan fingerprint density at radius 1 is 0.250 bits per heavy atom. The summed E-state index contributed by atoms with van der Waals surface area (Å²) in [5, 5.41) is 101. The molecular formula is C100H136N2O8Zr2. The zero-order valence-corrected chi connectivity index (χ0v) is 79.4. The minimum atomic E-state index is -0.417. The van der Waals surface area contributed by atoms with Crippen LogP contribution in [0.1, 0.15) is 283 Å². The molecule has 0 N–H and O–H groups in total. The molecule has 0 spiro atoms. The van der Waals surface area contributed by atoms with Crippen molar-refractivity contribution < 1.29 is 93.3 Å². The predicted molar refractivity (Wildman–Crippen MR) is 453 cm³/mol. The first-order valence-electron chi connectivity index (χ1n) is 39.0. The van der Waals surface area contributed by atoms with Crippen LogP contribution in [0.2, 0.25) is 0 Å².